The average molecular weight is 769 g/mol. The van der Waals surface area contributed by atoms with Crippen molar-refractivity contribution in [2.75, 3.05) is 19.0 Å². The van der Waals surface area contributed by atoms with E-state index in [0.29, 0.717) is 0 Å². The summed E-state index contributed by atoms with van der Waals surface area (Å²) in [5.41, 5.74) is -0.610. The monoisotopic (exact) mass is 768 g/mol. The van der Waals surface area contributed by atoms with Crippen molar-refractivity contribution in [3.63, 3.8) is 0 Å². The van der Waals surface area contributed by atoms with Crippen molar-refractivity contribution in [3.05, 3.63) is 52.8 Å². The molecule has 5 bridgehead atoms. The van der Waals surface area contributed by atoms with Crippen molar-refractivity contribution < 1.29 is 63.7 Å². The van der Waals surface area contributed by atoms with E-state index in [4.69, 9.17) is 23.8 Å². The maximum atomic E-state index is 14.2. The lowest BCUT2D eigenvalue weighted by Gasteiger charge is -2.38. The van der Waals surface area contributed by atoms with Gasteiger partial charge in [-0.05, 0) is 26.8 Å². The molecule has 3 aliphatic heterocycles. The number of aliphatic hydroxyl groups is 2. The van der Waals surface area contributed by atoms with Gasteiger partial charge in [0, 0.05) is 61.2 Å². The number of Topliss-reactive ketones (excluding diaryl/α,β-unsaturated/α-hetero) is 1. The van der Waals surface area contributed by atoms with Crippen molar-refractivity contribution in [3.8, 4) is 23.0 Å². The van der Waals surface area contributed by atoms with E-state index in [2.05, 4.69) is 10.5 Å². The normalized spacial score (nSPS) is 31.4. The van der Waals surface area contributed by atoms with Gasteiger partial charge in [-0.2, -0.15) is 0 Å². The summed E-state index contributed by atoms with van der Waals surface area (Å²) >= 11 is 0. The van der Waals surface area contributed by atoms with Crippen molar-refractivity contribution >= 4 is 40.3 Å². The number of hydrogen-bond acceptors (Lipinski definition) is 14. The van der Waals surface area contributed by atoms with Gasteiger partial charge in [0.25, 0.3) is 11.7 Å². The minimum absolute atomic E-state index is 0.0345. The zero-order valence-electron chi connectivity index (χ0n) is 32.7. The second-order valence-electron chi connectivity index (χ2n) is 14.3. The lowest BCUT2D eigenvalue weighted by Crippen LogP contribution is -2.46. The summed E-state index contributed by atoms with van der Waals surface area (Å²) in [7, 11) is 1.42. The van der Waals surface area contributed by atoms with Gasteiger partial charge in [0.15, 0.2) is 5.75 Å². The Morgan fingerprint density at radius 3 is 2.27 bits per heavy atom. The smallest absolute Gasteiger partial charge is 0.312 e. The van der Waals surface area contributed by atoms with Crippen molar-refractivity contribution in [2.24, 2.45) is 28.8 Å². The number of ketones is 1. The highest BCUT2D eigenvalue weighted by Gasteiger charge is 2.50. The molecule has 5 rings (SSSR count). The third kappa shape index (κ3) is 8.28. The van der Waals surface area contributed by atoms with Crippen molar-refractivity contribution in [1.82, 2.24) is 0 Å². The van der Waals surface area contributed by atoms with E-state index < -0.39 is 88.8 Å². The maximum absolute atomic E-state index is 14.2. The van der Waals surface area contributed by atoms with Crippen LogP contribution in [0.3, 0.4) is 0 Å². The Morgan fingerprint density at radius 1 is 0.982 bits per heavy atom. The van der Waals surface area contributed by atoms with Gasteiger partial charge in [-0.3, -0.25) is 14.4 Å². The molecule has 0 aliphatic carbocycles. The Labute approximate surface area is 319 Å². The van der Waals surface area contributed by atoms with Crippen LogP contribution in [0.4, 0.5) is 5.69 Å². The van der Waals surface area contributed by atoms with Crippen LogP contribution in [-0.4, -0.2) is 93.3 Å². The first kappa shape index (κ1) is 42.6. The van der Waals surface area contributed by atoms with Gasteiger partial charge >= 0.3 is 11.8 Å². The summed E-state index contributed by atoms with van der Waals surface area (Å²) in [6, 6.07) is 0. The highest BCUT2D eigenvalue weighted by Crippen LogP contribution is 2.55. The minimum atomic E-state index is -2.05. The fourth-order valence-electron chi connectivity index (χ4n) is 7.04. The second-order valence-corrected chi connectivity index (χ2v) is 14.3. The van der Waals surface area contributed by atoms with E-state index >= 15 is 0 Å². The highest BCUT2D eigenvalue weighted by atomic mass is 16.7. The van der Waals surface area contributed by atoms with Gasteiger partial charge < -0.3 is 54.6 Å². The number of amides is 1. The number of carbonyl (C=O) groups is 3. The number of nitrogens with zero attached hydrogens (tertiary/aromatic N) is 1. The number of methoxy groups -OCH3 is 1. The summed E-state index contributed by atoms with van der Waals surface area (Å²) in [6.07, 6.45) is 4.49. The number of carbonyl (C=O) groups excluding carboxylic acids is 3. The van der Waals surface area contributed by atoms with Gasteiger partial charge in [-0.15, -0.1) is 0 Å². The van der Waals surface area contributed by atoms with E-state index in [1.807, 2.05) is 0 Å². The number of esters is 1. The molecule has 15 nitrogen and oxygen atoms in total. The van der Waals surface area contributed by atoms with Crippen LogP contribution >= 0.6 is 0 Å². The molecule has 6 N–H and O–H groups in total. The SMILES string of the molecule is CCO/N=C/c1c2c(O)c3c(O)c(C)c4c(c3c1O)C(=O)[C@@](C)(O/C=C\[C@H](OC)[C@@H](C)[C@@H](OC(C)=O)[C@H](C)[C@H](O)[C@H](C)[C@@H](O)[C@@H](C)/C=C\C=C(\C)C(=O)N2)O4. The largest absolute Gasteiger partial charge is 0.507 e. The van der Waals surface area contributed by atoms with Crippen LogP contribution < -0.4 is 10.1 Å². The summed E-state index contributed by atoms with van der Waals surface area (Å²) in [4.78, 5) is 45.1. The number of nitrogens with one attached hydrogen (secondary N) is 1. The van der Waals surface area contributed by atoms with E-state index in [0.717, 1.165) is 6.21 Å². The molecule has 3 heterocycles. The third-order valence-corrected chi connectivity index (χ3v) is 10.4. The number of aromatic hydroxyl groups is 3. The summed E-state index contributed by atoms with van der Waals surface area (Å²) in [5.74, 6) is -8.61. The summed E-state index contributed by atoms with van der Waals surface area (Å²) < 4.78 is 23.4. The second kappa shape index (κ2) is 17.1. The van der Waals surface area contributed by atoms with Gasteiger partial charge in [0.2, 0.25) is 0 Å². The van der Waals surface area contributed by atoms with Crippen LogP contribution in [-0.2, 0) is 28.6 Å². The predicted octanol–water partition coefficient (Wildman–Crippen LogP) is 5.12. The number of benzene rings is 2. The van der Waals surface area contributed by atoms with Gasteiger partial charge in [0.1, 0.15) is 30.0 Å². The van der Waals surface area contributed by atoms with Crippen LogP contribution in [0, 0.1) is 30.6 Å². The predicted molar refractivity (Wildman–Crippen MR) is 203 cm³/mol. The quantitative estimate of drug-likeness (QED) is 0.0765. The number of rotatable bonds is 5. The first-order valence-corrected chi connectivity index (χ1v) is 18.1. The molecule has 0 spiro atoms. The molecule has 0 radical (unpaired) electrons. The molecular formula is C40H52N2O13. The van der Waals surface area contributed by atoms with Crippen LogP contribution in [0.1, 0.15) is 76.9 Å². The standard InChI is InChI=1S/C40H52N2O13/c1-11-53-41-17-25-30-35(48)28-27(34(25)47)29-37(23(7)33(28)46)55-40(9,38(29)49)52-16-15-26(51-10)20(4)36(54-24(8)43)22(6)32(45)21(5)31(44)18(2)13-12-14-19(3)39(50)42-30/h12-18,20-22,26,31-32,36,44-48H,11H2,1-10H3,(H,42,50)/b13-12-,16-15-,19-14-,41-17+/t18-,20+,21+,22+,26-,31-,32+,36+,40-/m0/s1. The number of oxime groups is 1. The van der Waals surface area contributed by atoms with E-state index in [9.17, 15) is 39.9 Å². The molecule has 2 aromatic rings. The molecule has 0 unspecified atom stereocenters. The molecule has 0 saturated carbocycles. The molecule has 2 aromatic carbocycles. The molecule has 0 saturated heterocycles. The van der Waals surface area contributed by atoms with Crippen LogP contribution in [0.15, 0.2) is 41.3 Å². The molecule has 3 aliphatic rings. The topological polar surface area (TPSA) is 223 Å². The molecule has 55 heavy (non-hydrogen) atoms. The van der Waals surface area contributed by atoms with Gasteiger partial charge in [0.05, 0.1) is 53.0 Å². The Kier molecular flexibility index (Phi) is 13.3. The maximum Gasteiger partial charge on any atom is 0.312 e. The summed E-state index contributed by atoms with van der Waals surface area (Å²) in [5, 5.41) is 63.3. The van der Waals surface area contributed by atoms with Crippen molar-refractivity contribution in [1.29, 1.82) is 0 Å². The molecule has 1 amide bonds. The van der Waals surface area contributed by atoms with Crippen LogP contribution in [0.5, 0.6) is 23.0 Å². The lowest BCUT2D eigenvalue weighted by atomic mass is 9.78. The third-order valence-electron chi connectivity index (χ3n) is 10.4. The number of allylic oxidation sites excluding steroid dienone is 2. The molecule has 15 heteroatoms. The number of phenolic OH excluding ortho intramolecular Hbond substituents is 3. The molecule has 300 valence electrons. The number of hydrogen-bond donors (Lipinski definition) is 6. The molecule has 0 fully saturated rings. The Hall–Kier alpha value is -5.12. The van der Waals surface area contributed by atoms with Gasteiger partial charge in [-0.25, -0.2) is 0 Å². The van der Waals surface area contributed by atoms with Crippen LogP contribution in [0.25, 0.3) is 10.8 Å². The average Bonchev–Trinajstić information content (AvgIpc) is 3.41. The Morgan fingerprint density at radius 2 is 1.65 bits per heavy atom. The zero-order valence-corrected chi connectivity index (χ0v) is 32.7. The van der Waals surface area contributed by atoms with Crippen LogP contribution in [0.2, 0.25) is 0 Å². The zero-order chi connectivity index (χ0) is 41.1. The molecule has 9 atom stereocenters. The number of aliphatic hydroxyl groups excluding tert-OH is 2. The van der Waals surface area contributed by atoms with E-state index in [1.165, 1.54) is 53.2 Å². The first-order valence-electron chi connectivity index (χ1n) is 18.1. The number of anilines is 1. The van der Waals surface area contributed by atoms with E-state index in [-0.39, 0.29) is 51.1 Å². The molecular weight excluding hydrogens is 716 g/mol. The van der Waals surface area contributed by atoms with Crippen molar-refractivity contribution in [2.45, 2.75) is 92.5 Å². The first-order chi connectivity index (χ1) is 25.8. The highest BCUT2D eigenvalue weighted by molar-refractivity contribution is 6.23. The number of fused-ring (bicyclic) bond motifs is 14. The van der Waals surface area contributed by atoms with Gasteiger partial charge in [-0.1, -0.05) is 51.1 Å². The fraction of sp³-hybridized carbons (Fsp3) is 0.500. The lowest BCUT2D eigenvalue weighted by molar-refractivity contribution is -0.160. The Bertz CT molecular complexity index is 1940. The summed E-state index contributed by atoms with van der Waals surface area (Å²) in [6.45, 7) is 14.2. The molecule has 0 aromatic heterocycles. The van der Waals surface area contributed by atoms with E-state index in [1.54, 1.807) is 46.8 Å². The number of ether oxygens (including phenoxy) is 4. The minimum Gasteiger partial charge on any atom is -0.507 e. The Balaban J connectivity index is 1.97. The fourth-order valence-corrected chi connectivity index (χ4v) is 7.04. The number of phenols is 3.